The number of unbranched alkanes of at least 4 members (excludes halogenated alkanes) is 1. The highest BCUT2D eigenvalue weighted by Crippen LogP contribution is 2.21. The lowest BCUT2D eigenvalue weighted by Crippen LogP contribution is -2.53. The van der Waals surface area contributed by atoms with Crippen molar-refractivity contribution in [3.8, 4) is 0 Å². The number of hydrogen-bond donors (Lipinski definition) is 1. The average Bonchev–Trinajstić information content (AvgIpc) is 2.61. The number of fused-ring (bicyclic) bond motifs is 1. The van der Waals surface area contributed by atoms with Crippen molar-refractivity contribution in [3.05, 3.63) is 0 Å². The third-order valence-electron chi connectivity index (χ3n) is 3.50. The van der Waals surface area contributed by atoms with Crippen LogP contribution < -0.4 is 5.32 Å². The zero-order valence-corrected chi connectivity index (χ0v) is 8.76. The summed E-state index contributed by atoms with van der Waals surface area (Å²) >= 11 is 0. The smallest absolute Gasteiger partial charge is 0.0221 e. The molecule has 0 saturated carbocycles. The van der Waals surface area contributed by atoms with E-state index in [2.05, 4.69) is 17.1 Å². The molecule has 2 aliphatic rings. The highest BCUT2D eigenvalue weighted by Gasteiger charge is 2.30. The summed E-state index contributed by atoms with van der Waals surface area (Å²) in [5, 5.41) is 3.68. The molecule has 2 saturated heterocycles. The molecule has 13 heavy (non-hydrogen) atoms. The first-order valence-electron chi connectivity index (χ1n) is 5.87. The zero-order chi connectivity index (χ0) is 9.10. The maximum atomic E-state index is 3.68. The van der Waals surface area contributed by atoms with E-state index in [-0.39, 0.29) is 0 Å². The van der Waals surface area contributed by atoms with Gasteiger partial charge in [0, 0.05) is 25.2 Å². The SMILES string of the molecule is CCCCC1CN2CCCC2CN1. The summed E-state index contributed by atoms with van der Waals surface area (Å²) in [6.45, 7) is 6.19. The van der Waals surface area contributed by atoms with Crippen LogP contribution in [0.15, 0.2) is 0 Å². The molecule has 2 heterocycles. The van der Waals surface area contributed by atoms with Crippen molar-refractivity contribution >= 4 is 0 Å². The second-order valence-electron chi connectivity index (χ2n) is 4.54. The van der Waals surface area contributed by atoms with Gasteiger partial charge >= 0.3 is 0 Å². The Morgan fingerprint density at radius 3 is 3.23 bits per heavy atom. The van der Waals surface area contributed by atoms with E-state index in [4.69, 9.17) is 0 Å². The highest BCUT2D eigenvalue weighted by atomic mass is 15.2. The van der Waals surface area contributed by atoms with Crippen molar-refractivity contribution in [2.75, 3.05) is 19.6 Å². The lowest BCUT2D eigenvalue weighted by atomic mass is 10.1. The Labute approximate surface area is 81.7 Å². The molecule has 2 unspecified atom stereocenters. The standard InChI is InChI=1S/C11H22N2/c1-2-3-5-10-9-13-7-4-6-11(13)8-12-10/h10-12H,2-9H2,1H3. The Morgan fingerprint density at radius 1 is 1.46 bits per heavy atom. The topological polar surface area (TPSA) is 15.3 Å². The van der Waals surface area contributed by atoms with Crippen LogP contribution >= 0.6 is 0 Å². The average molecular weight is 182 g/mol. The molecule has 2 aliphatic heterocycles. The van der Waals surface area contributed by atoms with Gasteiger partial charge in [0.15, 0.2) is 0 Å². The molecule has 2 fully saturated rings. The lowest BCUT2D eigenvalue weighted by Gasteiger charge is -2.36. The summed E-state index contributed by atoms with van der Waals surface area (Å²) in [6.07, 6.45) is 6.94. The van der Waals surface area contributed by atoms with E-state index in [1.165, 1.54) is 51.7 Å². The molecular weight excluding hydrogens is 160 g/mol. The predicted molar refractivity (Wildman–Crippen MR) is 55.9 cm³/mol. The second-order valence-corrected chi connectivity index (χ2v) is 4.54. The maximum Gasteiger partial charge on any atom is 0.0221 e. The van der Waals surface area contributed by atoms with Gasteiger partial charge in [-0.3, -0.25) is 4.90 Å². The van der Waals surface area contributed by atoms with Gasteiger partial charge in [0.1, 0.15) is 0 Å². The fraction of sp³-hybridized carbons (Fsp3) is 1.00. The van der Waals surface area contributed by atoms with Crippen LogP contribution in [0.4, 0.5) is 0 Å². The minimum Gasteiger partial charge on any atom is -0.311 e. The Hall–Kier alpha value is -0.0800. The van der Waals surface area contributed by atoms with E-state index in [9.17, 15) is 0 Å². The van der Waals surface area contributed by atoms with Crippen molar-refractivity contribution < 1.29 is 0 Å². The molecule has 0 bridgehead atoms. The number of rotatable bonds is 3. The first kappa shape index (κ1) is 9.47. The lowest BCUT2D eigenvalue weighted by molar-refractivity contribution is 0.167. The number of nitrogens with one attached hydrogen (secondary N) is 1. The minimum absolute atomic E-state index is 0.786. The van der Waals surface area contributed by atoms with Crippen molar-refractivity contribution in [3.63, 3.8) is 0 Å². The van der Waals surface area contributed by atoms with Gasteiger partial charge in [-0.15, -0.1) is 0 Å². The van der Waals surface area contributed by atoms with E-state index in [1.54, 1.807) is 0 Å². The van der Waals surface area contributed by atoms with Gasteiger partial charge in [-0.25, -0.2) is 0 Å². The summed E-state index contributed by atoms with van der Waals surface area (Å²) in [7, 11) is 0. The first-order valence-corrected chi connectivity index (χ1v) is 5.87. The normalized spacial score (nSPS) is 34.8. The molecule has 2 rings (SSSR count). The molecule has 0 aromatic rings. The van der Waals surface area contributed by atoms with Crippen LogP contribution in [0.3, 0.4) is 0 Å². The molecule has 0 aliphatic carbocycles. The van der Waals surface area contributed by atoms with Gasteiger partial charge in [0.2, 0.25) is 0 Å². The molecule has 2 heteroatoms. The van der Waals surface area contributed by atoms with E-state index in [0.717, 1.165) is 12.1 Å². The molecule has 2 nitrogen and oxygen atoms in total. The number of nitrogens with zero attached hydrogens (tertiary/aromatic N) is 1. The fourth-order valence-corrected chi connectivity index (χ4v) is 2.66. The Bertz CT molecular complexity index is 158. The molecule has 0 aromatic heterocycles. The van der Waals surface area contributed by atoms with Gasteiger partial charge in [0.05, 0.1) is 0 Å². The summed E-state index contributed by atoms with van der Waals surface area (Å²) in [4.78, 5) is 2.69. The van der Waals surface area contributed by atoms with Crippen LogP contribution in [-0.4, -0.2) is 36.6 Å². The van der Waals surface area contributed by atoms with E-state index < -0.39 is 0 Å². The highest BCUT2D eigenvalue weighted by molar-refractivity contribution is 4.89. The Kier molecular flexibility index (Phi) is 3.23. The largest absolute Gasteiger partial charge is 0.311 e. The monoisotopic (exact) mass is 182 g/mol. The summed E-state index contributed by atoms with van der Waals surface area (Å²) < 4.78 is 0. The van der Waals surface area contributed by atoms with Gasteiger partial charge in [0.25, 0.3) is 0 Å². The molecule has 0 spiro atoms. The third kappa shape index (κ3) is 2.23. The maximum absolute atomic E-state index is 3.68. The first-order chi connectivity index (χ1) is 6.40. The number of piperazine rings is 1. The van der Waals surface area contributed by atoms with E-state index in [1.807, 2.05) is 0 Å². The van der Waals surface area contributed by atoms with Crippen molar-refractivity contribution in [1.29, 1.82) is 0 Å². The van der Waals surface area contributed by atoms with Crippen molar-refractivity contribution in [2.24, 2.45) is 0 Å². The Balaban J connectivity index is 1.76. The summed E-state index contributed by atoms with van der Waals surface area (Å²) in [5.41, 5.74) is 0. The van der Waals surface area contributed by atoms with Crippen LogP contribution in [0.25, 0.3) is 0 Å². The fourth-order valence-electron chi connectivity index (χ4n) is 2.66. The molecule has 0 amide bonds. The van der Waals surface area contributed by atoms with Gasteiger partial charge in [-0.05, 0) is 25.8 Å². The van der Waals surface area contributed by atoms with Gasteiger partial charge in [-0.1, -0.05) is 19.8 Å². The van der Waals surface area contributed by atoms with E-state index in [0.29, 0.717) is 0 Å². The zero-order valence-electron chi connectivity index (χ0n) is 8.76. The van der Waals surface area contributed by atoms with Crippen LogP contribution in [0, 0.1) is 0 Å². The molecular formula is C11H22N2. The van der Waals surface area contributed by atoms with Gasteiger partial charge in [-0.2, -0.15) is 0 Å². The second kappa shape index (κ2) is 4.43. The predicted octanol–water partition coefficient (Wildman–Crippen LogP) is 1.61. The molecule has 0 aromatic carbocycles. The molecule has 76 valence electrons. The van der Waals surface area contributed by atoms with Crippen LogP contribution in [-0.2, 0) is 0 Å². The summed E-state index contributed by atoms with van der Waals surface area (Å²) in [5.74, 6) is 0. The molecule has 1 N–H and O–H groups in total. The summed E-state index contributed by atoms with van der Waals surface area (Å²) in [6, 6.07) is 1.66. The van der Waals surface area contributed by atoms with Crippen LogP contribution in [0.5, 0.6) is 0 Å². The van der Waals surface area contributed by atoms with Crippen LogP contribution in [0.1, 0.15) is 39.0 Å². The minimum atomic E-state index is 0.786. The molecule has 0 radical (unpaired) electrons. The van der Waals surface area contributed by atoms with Gasteiger partial charge < -0.3 is 5.32 Å². The quantitative estimate of drug-likeness (QED) is 0.713. The third-order valence-corrected chi connectivity index (χ3v) is 3.50. The Morgan fingerprint density at radius 2 is 2.38 bits per heavy atom. The molecule has 2 atom stereocenters. The van der Waals surface area contributed by atoms with Crippen molar-refractivity contribution in [1.82, 2.24) is 10.2 Å². The van der Waals surface area contributed by atoms with Crippen molar-refractivity contribution in [2.45, 2.75) is 51.1 Å². The van der Waals surface area contributed by atoms with E-state index >= 15 is 0 Å². The van der Waals surface area contributed by atoms with Crippen LogP contribution in [0.2, 0.25) is 0 Å². The number of hydrogen-bond acceptors (Lipinski definition) is 2.